The lowest BCUT2D eigenvalue weighted by Gasteiger charge is -2.30. The monoisotopic (exact) mass is 493 g/mol. The Hall–Kier alpha value is -3.06. The minimum Gasteiger partial charge on any atom is -0.483 e. The van der Waals surface area contributed by atoms with Gasteiger partial charge in [0.1, 0.15) is 0 Å². The highest BCUT2D eigenvalue weighted by molar-refractivity contribution is 5.97. The second kappa shape index (κ2) is 13.9. The third-order valence-electron chi connectivity index (χ3n) is 7.39. The Morgan fingerprint density at radius 3 is 2.31 bits per heavy atom. The first-order chi connectivity index (χ1) is 17.4. The van der Waals surface area contributed by atoms with Gasteiger partial charge in [-0.15, -0.1) is 0 Å². The van der Waals surface area contributed by atoms with Gasteiger partial charge in [-0.2, -0.15) is 0 Å². The van der Waals surface area contributed by atoms with Gasteiger partial charge in [-0.05, 0) is 86.7 Å². The van der Waals surface area contributed by atoms with Crippen LogP contribution in [-0.2, 0) is 17.6 Å². The summed E-state index contributed by atoms with van der Waals surface area (Å²) in [5.74, 6) is 1.05. The normalized spacial score (nSPS) is 19.9. The highest BCUT2D eigenvalue weighted by Gasteiger charge is 2.24. The van der Waals surface area contributed by atoms with Crippen LogP contribution in [0.2, 0.25) is 0 Å². The molecule has 2 N–H and O–H groups in total. The molecule has 1 fully saturated rings. The van der Waals surface area contributed by atoms with Gasteiger partial charge < -0.3 is 15.3 Å². The molecule has 36 heavy (non-hydrogen) atoms. The van der Waals surface area contributed by atoms with Gasteiger partial charge in [-0.1, -0.05) is 26.0 Å². The molecule has 0 bridgehead atoms. The summed E-state index contributed by atoms with van der Waals surface area (Å²) in [5.41, 5.74) is 4.32. The maximum Gasteiger partial charge on any atom is 0.290 e. The number of Topliss-reactive ketones (excluding diaryl/α,β-unsaturated/α-hetero) is 1. The van der Waals surface area contributed by atoms with Crippen LogP contribution in [0.25, 0.3) is 0 Å². The van der Waals surface area contributed by atoms with Gasteiger partial charge in [0.25, 0.3) is 12.4 Å². The maximum atomic E-state index is 12.4. The van der Waals surface area contributed by atoms with Gasteiger partial charge in [0.2, 0.25) is 0 Å². The Balaban J connectivity index is 0.00000115. The molecule has 0 radical (unpaired) electrons. The minimum atomic E-state index is -0.250. The molecule has 1 aromatic heterocycles. The van der Waals surface area contributed by atoms with Crippen molar-refractivity contribution >= 4 is 18.2 Å². The zero-order valence-electron chi connectivity index (χ0n) is 21.5. The van der Waals surface area contributed by atoms with E-state index in [-0.39, 0.29) is 30.1 Å². The van der Waals surface area contributed by atoms with Crippen molar-refractivity contribution in [1.82, 2.24) is 15.2 Å². The van der Waals surface area contributed by atoms with Crippen LogP contribution in [0, 0.1) is 11.8 Å². The van der Waals surface area contributed by atoms with E-state index in [1.165, 1.54) is 30.4 Å². The molecule has 0 atom stereocenters. The lowest BCUT2D eigenvalue weighted by molar-refractivity contribution is -0.122. The van der Waals surface area contributed by atoms with Gasteiger partial charge in [0, 0.05) is 48.6 Å². The second-order valence-corrected chi connectivity index (χ2v) is 10.2. The van der Waals surface area contributed by atoms with E-state index in [1.807, 2.05) is 19.9 Å². The lowest BCUT2D eigenvalue weighted by Crippen LogP contribution is -2.38. The van der Waals surface area contributed by atoms with Crippen molar-refractivity contribution in [3.63, 3.8) is 0 Å². The molecule has 7 heteroatoms. The Kier molecular flexibility index (Phi) is 10.6. The van der Waals surface area contributed by atoms with Crippen molar-refractivity contribution in [1.29, 1.82) is 0 Å². The predicted molar refractivity (Wildman–Crippen MR) is 140 cm³/mol. The van der Waals surface area contributed by atoms with Crippen molar-refractivity contribution in [3.05, 3.63) is 65.0 Å². The summed E-state index contributed by atoms with van der Waals surface area (Å²) in [6.45, 7) is 7.01. The number of carbonyl (C=O) groups excluding carboxylic acids is 2. The fraction of sp³-hybridized carbons (Fsp3) is 0.517. The fourth-order valence-electron chi connectivity index (χ4n) is 5.21. The molecule has 194 valence electrons. The van der Waals surface area contributed by atoms with Gasteiger partial charge in [0.15, 0.2) is 5.78 Å². The van der Waals surface area contributed by atoms with Crippen molar-refractivity contribution in [2.75, 3.05) is 19.6 Å². The highest BCUT2D eigenvalue weighted by atomic mass is 16.3. The molecule has 1 aliphatic heterocycles. The number of rotatable bonds is 7. The number of nitrogens with zero attached hydrogens (tertiary/aromatic N) is 2. The maximum absolute atomic E-state index is 12.4. The average Bonchev–Trinajstić information content (AvgIpc) is 3.10. The van der Waals surface area contributed by atoms with E-state index in [9.17, 15) is 9.59 Å². The molecule has 1 aliphatic carbocycles. The summed E-state index contributed by atoms with van der Waals surface area (Å²) in [5, 5.41) is 10.1. The van der Waals surface area contributed by atoms with Crippen LogP contribution in [0.5, 0.6) is 0 Å². The van der Waals surface area contributed by atoms with E-state index >= 15 is 0 Å². The smallest absolute Gasteiger partial charge is 0.290 e. The first kappa shape index (κ1) is 27.5. The summed E-state index contributed by atoms with van der Waals surface area (Å²) in [7, 11) is 0. The van der Waals surface area contributed by atoms with Gasteiger partial charge >= 0.3 is 0 Å². The lowest BCUT2D eigenvalue weighted by atomic mass is 9.84. The summed E-state index contributed by atoms with van der Waals surface area (Å²) >= 11 is 0. The summed E-state index contributed by atoms with van der Waals surface area (Å²) in [6.07, 6.45) is 11.2. The SMILES string of the molecule is CC(C)C(=O)c1ccc2c(c1)CCN(CC[C@H]1CC[C@H](NC(=O)c3ccncc3)CC1)CC2.O=CO. The van der Waals surface area contributed by atoms with Crippen molar-refractivity contribution in [2.24, 2.45) is 11.8 Å². The molecule has 2 aliphatic rings. The fourth-order valence-corrected chi connectivity index (χ4v) is 5.21. The van der Waals surface area contributed by atoms with E-state index in [1.54, 1.807) is 24.5 Å². The molecule has 2 heterocycles. The van der Waals surface area contributed by atoms with Crippen LogP contribution < -0.4 is 5.32 Å². The number of hydrogen-bond acceptors (Lipinski definition) is 5. The average molecular weight is 494 g/mol. The Bertz CT molecular complexity index is 1000. The first-order valence-corrected chi connectivity index (χ1v) is 13.1. The minimum absolute atomic E-state index is 0.0169. The van der Waals surface area contributed by atoms with E-state index < -0.39 is 0 Å². The van der Waals surface area contributed by atoms with Crippen molar-refractivity contribution in [2.45, 2.75) is 64.8 Å². The molecule has 0 unspecified atom stereocenters. The largest absolute Gasteiger partial charge is 0.483 e. The molecular formula is C29H39N3O4. The molecule has 1 amide bonds. The van der Waals surface area contributed by atoms with Crippen molar-refractivity contribution in [3.8, 4) is 0 Å². The molecule has 4 rings (SSSR count). The third-order valence-corrected chi connectivity index (χ3v) is 7.39. The van der Waals surface area contributed by atoms with Gasteiger partial charge in [-0.3, -0.25) is 19.4 Å². The number of ketones is 1. The van der Waals surface area contributed by atoms with Crippen LogP contribution in [0.1, 0.15) is 77.8 Å². The highest BCUT2D eigenvalue weighted by Crippen LogP contribution is 2.28. The second-order valence-electron chi connectivity index (χ2n) is 10.2. The van der Waals surface area contributed by atoms with Crippen LogP contribution in [-0.4, -0.2) is 58.8 Å². The third kappa shape index (κ3) is 7.98. The predicted octanol–water partition coefficient (Wildman–Crippen LogP) is 4.40. The molecule has 1 aromatic carbocycles. The van der Waals surface area contributed by atoms with E-state index in [4.69, 9.17) is 9.90 Å². The Morgan fingerprint density at radius 1 is 1.03 bits per heavy atom. The number of fused-ring (bicyclic) bond motifs is 1. The van der Waals surface area contributed by atoms with E-state index in [0.717, 1.165) is 56.8 Å². The summed E-state index contributed by atoms with van der Waals surface area (Å²) < 4.78 is 0. The van der Waals surface area contributed by atoms with Crippen LogP contribution >= 0.6 is 0 Å². The van der Waals surface area contributed by atoms with Crippen LogP contribution in [0.3, 0.4) is 0 Å². The number of amides is 1. The zero-order valence-corrected chi connectivity index (χ0v) is 21.5. The number of benzene rings is 1. The van der Waals surface area contributed by atoms with Gasteiger partial charge in [-0.25, -0.2) is 0 Å². The summed E-state index contributed by atoms with van der Waals surface area (Å²) in [6, 6.07) is 10.2. The number of aromatic nitrogens is 1. The summed E-state index contributed by atoms with van der Waals surface area (Å²) in [4.78, 5) is 39.7. The van der Waals surface area contributed by atoms with Gasteiger partial charge in [0.05, 0.1) is 0 Å². The standard InChI is InChI=1S/C28H37N3O2.CH2O2/c1-20(2)27(32)25-6-5-22-12-17-31(18-13-24(22)19-25)16-11-21-3-7-26(8-4-21)30-28(33)23-9-14-29-15-10-23;2-1-3/h5-6,9-10,14-15,19-21,26H,3-4,7-8,11-13,16-18H2,1-2H3,(H,30,33);1H,(H,2,3)/t21-,26-;. The molecule has 0 saturated heterocycles. The Morgan fingerprint density at radius 2 is 1.67 bits per heavy atom. The number of pyridine rings is 1. The van der Waals surface area contributed by atoms with E-state index in [2.05, 4.69) is 27.3 Å². The molecule has 1 saturated carbocycles. The molecule has 7 nitrogen and oxygen atoms in total. The van der Waals surface area contributed by atoms with E-state index in [0.29, 0.717) is 5.56 Å². The Labute approximate surface area is 214 Å². The number of hydrogen-bond donors (Lipinski definition) is 2. The zero-order chi connectivity index (χ0) is 25.9. The van der Waals surface area contributed by atoms with Crippen molar-refractivity contribution < 1.29 is 19.5 Å². The molecule has 0 spiro atoms. The number of carboxylic acid groups (broad SMARTS) is 1. The quantitative estimate of drug-likeness (QED) is 0.438. The van der Waals surface area contributed by atoms with Crippen LogP contribution in [0.15, 0.2) is 42.7 Å². The number of nitrogens with one attached hydrogen (secondary N) is 1. The number of carbonyl (C=O) groups is 3. The molecule has 2 aromatic rings. The van der Waals surface area contributed by atoms with Crippen LogP contribution in [0.4, 0.5) is 0 Å². The first-order valence-electron chi connectivity index (χ1n) is 13.1. The molecular weight excluding hydrogens is 454 g/mol. The topological polar surface area (TPSA) is 99.6 Å².